The third-order valence-corrected chi connectivity index (χ3v) is 9.26. The van der Waals surface area contributed by atoms with Gasteiger partial charge in [-0.15, -0.1) is 0 Å². The van der Waals surface area contributed by atoms with Gasteiger partial charge in [0.2, 0.25) is 0 Å². The van der Waals surface area contributed by atoms with E-state index in [1.165, 1.54) is 0 Å². The number of carbonyl (C=O) groups excluding carboxylic acids is 3. The van der Waals surface area contributed by atoms with Gasteiger partial charge in [0, 0.05) is 12.3 Å². The van der Waals surface area contributed by atoms with E-state index in [9.17, 15) is 34.8 Å². The molecule has 0 amide bonds. The van der Waals surface area contributed by atoms with Gasteiger partial charge in [0.1, 0.15) is 54.6 Å². The number of esters is 2. The Morgan fingerprint density at radius 1 is 0.881 bits per heavy atom. The molecule has 0 unspecified atom stereocenters. The minimum atomic E-state index is -1.75. The van der Waals surface area contributed by atoms with E-state index in [0.29, 0.717) is 0 Å². The minimum absolute atomic E-state index is 0.0706. The molecule has 5 aliphatic rings. The second-order valence-corrected chi connectivity index (χ2v) is 11.5. The van der Waals surface area contributed by atoms with Crippen molar-refractivity contribution in [3.63, 3.8) is 0 Å². The SMILES string of the molecule is C[C@]12CC(=O)[C@@H]3C[C@@]1(O[C@@H]1O[C@H](COC(=O)c4ccccc4)[C@@H](O)[C@H](O)[C@H]1O)[C@]3(COC(=O)c1ccccc1)[C@H](O)O2. The summed E-state index contributed by atoms with van der Waals surface area (Å²) in [5, 5.41) is 43.3. The van der Waals surface area contributed by atoms with Gasteiger partial charge in [0.15, 0.2) is 12.6 Å². The number of ketones is 1. The van der Waals surface area contributed by atoms with E-state index in [2.05, 4.69) is 0 Å². The van der Waals surface area contributed by atoms with Crippen molar-refractivity contribution in [3.8, 4) is 0 Å². The maximum atomic E-state index is 13.1. The molecule has 2 aromatic rings. The second-order valence-electron chi connectivity index (χ2n) is 11.5. The van der Waals surface area contributed by atoms with Crippen molar-refractivity contribution in [1.29, 1.82) is 0 Å². The number of hydrogen-bond acceptors (Lipinski definition) is 12. The van der Waals surface area contributed by atoms with Crippen molar-refractivity contribution in [2.45, 2.75) is 68.0 Å². The first kappa shape index (κ1) is 28.9. The molecule has 4 bridgehead atoms. The predicted octanol–water partition coefficient (Wildman–Crippen LogP) is 0.350. The molecular weight excluding hydrogens is 552 g/mol. The maximum Gasteiger partial charge on any atom is 0.338 e. The van der Waals surface area contributed by atoms with Gasteiger partial charge < -0.3 is 44.1 Å². The molecule has 2 heterocycles. The van der Waals surface area contributed by atoms with Gasteiger partial charge in [0.05, 0.1) is 16.5 Å². The van der Waals surface area contributed by atoms with Crippen LogP contribution in [0, 0.1) is 11.3 Å². The topological polar surface area (TPSA) is 178 Å². The fraction of sp³-hybridized carbons (Fsp3) is 0.500. The molecule has 12 heteroatoms. The summed E-state index contributed by atoms with van der Waals surface area (Å²) in [6.07, 6.45) is -9.61. The van der Waals surface area contributed by atoms with Gasteiger partial charge in [-0.1, -0.05) is 36.4 Å². The van der Waals surface area contributed by atoms with Crippen molar-refractivity contribution >= 4 is 17.7 Å². The summed E-state index contributed by atoms with van der Waals surface area (Å²) in [7, 11) is 0. The first-order valence-electron chi connectivity index (χ1n) is 13.7. The van der Waals surface area contributed by atoms with E-state index in [1.807, 2.05) is 0 Å². The number of ether oxygens (including phenoxy) is 5. The van der Waals surface area contributed by atoms with Crippen LogP contribution in [0.5, 0.6) is 0 Å². The summed E-state index contributed by atoms with van der Waals surface area (Å²) < 4.78 is 29.0. The number of benzene rings is 2. The van der Waals surface area contributed by atoms with Crippen LogP contribution in [0.4, 0.5) is 0 Å². The van der Waals surface area contributed by atoms with Gasteiger partial charge >= 0.3 is 11.9 Å². The number of aliphatic hydroxyl groups is 4. The Labute approximate surface area is 240 Å². The summed E-state index contributed by atoms with van der Waals surface area (Å²) in [5.74, 6) is -2.32. The lowest BCUT2D eigenvalue weighted by Crippen LogP contribution is -2.80. The quantitative estimate of drug-likeness (QED) is 0.314. The third kappa shape index (κ3) is 4.21. The average molecular weight is 585 g/mol. The van der Waals surface area contributed by atoms with Crippen LogP contribution in [0.25, 0.3) is 0 Å². The van der Waals surface area contributed by atoms with Crippen LogP contribution in [0.15, 0.2) is 60.7 Å². The molecule has 10 atom stereocenters. The molecule has 7 rings (SSSR count). The molecule has 3 saturated carbocycles. The highest BCUT2D eigenvalue weighted by atomic mass is 16.7. The zero-order valence-corrected chi connectivity index (χ0v) is 22.7. The van der Waals surface area contributed by atoms with Crippen molar-refractivity contribution in [2.75, 3.05) is 13.2 Å². The van der Waals surface area contributed by atoms with Crippen molar-refractivity contribution in [2.24, 2.45) is 11.3 Å². The van der Waals surface area contributed by atoms with Crippen molar-refractivity contribution < 1.29 is 58.5 Å². The molecule has 2 aromatic carbocycles. The van der Waals surface area contributed by atoms with Gasteiger partial charge in [-0.2, -0.15) is 0 Å². The van der Waals surface area contributed by atoms with E-state index >= 15 is 0 Å². The van der Waals surface area contributed by atoms with Crippen LogP contribution < -0.4 is 0 Å². The Hall–Kier alpha value is -3.23. The number of Topliss-reactive ketones (excluding diaryl/α,β-unsaturated/α-hetero) is 1. The summed E-state index contributed by atoms with van der Waals surface area (Å²) >= 11 is 0. The Bertz CT molecular complexity index is 1350. The van der Waals surface area contributed by atoms with Crippen LogP contribution in [-0.2, 0) is 28.5 Å². The zero-order chi connectivity index (χ0) is 29.9. The van der Waals surface area contributed by atoms with Gasteiger partial charge in [-0.05, 0) is 37.6 Å². The molecule has 42 heavy (non-hydrogen) atoms. The smallest absolute Gasteiger partial charge is 0.338 e. The summed E-state index contributed by atoms with van der Waals surface area (Å²) in [5.41, 5.74) is -3.86. The molecular formula is C30H32O12. The predicted molar refractivity (Wildman–Crippen MR) is 140 cm³/mol. The Balaban J connectivity index is 1.24. The molecule has 5 fully saturated rings. The Morgan fingerprint density at radius 3 is 2.10 bits per heavy atom. The highest BCUT2D eigenvalue weighted by Crippen LogP contribution is 2.73. The normalized spacial score (nSPS) is 40.2. The van der Waals surface area contributed by atoms with Crippen LogP contribution in [0.2, 0.25) is 0 Å². The second kappa shape index (κ2) is 10.5. The fourth-order valence-electron chi connectivity index (χ4n) is 6.96. The summed E-state index contributed by atoms with van der Waals surface area (Å²) in [6, 6.07) is 16.3. The van der Waals surface area contributed by atoms with Gasteiger partial charge in [-0.25, -0.2) is 9.59 Å². The highest BCUT2D eigenvalue weighted by molar-refractivity contribution is 5.90. The standard InChI is InChI=1S/C30H32O12/c1-28-13-19(31)18-12-30(28,29(18,27(37)42-28)15-39-25(36)17-10-6-3-7-11-17)41-26-23(34)22(33)21(32)20(40-26)14-38-24(35)16-8-4-2-5-9-16/h2-11,18,20-23,26-27,32-34,37H,12-15H2,1H3/t18-,20+,21+,22-,23+,26-,27+,28-,29-,30-/m0/s1. The molecule has 3 aliphatic carbocycles. The first-order valence-corrected chi connectivity index (χ1v) is 13.7. The summed E-state index contributed by atoms with van der Waals surface area (Å²) in [6.45, 7) is 0.687. The number of fused-ring (bicyclic) bond motifs is 1. The van der Waals surface area contributed by atoms with Crippen molar-refractivity contribution in [1.82, 2.24) is 0 Å². The van der Waals surface area contributed by atoms with E-state index < -0.39 is 84.7 Å². The molecule has 0 radical (unpaired) electrons. The lowest BCUT2D eigenvalue weighted by molar-refractivity contribution is -0.381. The molecule has 12 nitrogen and oxygen atoms in total. The Kier molecular flexibility index (Phi) is 7.21. The average Bonchev–Trinajstić information content (AvgIpc) is 3.05. The molecule has 4 N–H and O–H groups in total. The van der Waals surface area contributed by atoms with Crippen LogP contribution in [0.1, 0.15) is 40.5 Å². The van der Waals surface area contributed by atoms with Crippen LogP contribution in [-0.4, -0.2) is 99.6 Å². The summed E-state index contributed by atoms with van der Waals surface area (Å²) in [4.78, 5) is 38.3. The number of aliphatic hydroxyl groups excluding tert-OH is 4. The highest BCUT2D eigenvalue weighted by Gasteiger charge is 2.87. The largest absolute Gasteiger partial charge is 0.461 e. The molecule has 0 spiro atoms. The van der Waals surface area contributed by atoms with E-state index in [-0.39, 0.29) is 29.8 Å². The third-order valence-electron chi connectivity index (χ3n) is 9.26. The van der Waals surface area contributed by atoms with E-state index in [1.54, 1.807) is 67.6 Å². The van der Waals surface area contributed by atoms with E-state index in [0.717, 1.165) is 0 Å². The number of hydrogen-bond donors (Lipinski definition) is 4. The maximum absolute atomic E-state index is 13.1. The number of carbonyl (C=O) groups is 3. The lowest BCUT2D eigenvalue weighted by atomic mass is 9.41. The molecule has 2 saturated heterocycles. The molecule has 224 valence electrons. The van der Waals surface area contributed by atoms with Crippen LogP contribution in [0.3, 0.4) is 0 Å². The molecule has 2 aliphatic heterocycles. The monoisotopic (exact) mass is 584 g/mol. The first-order chi connectivity index (χ1) is 20.0. The van der Waals surface area contributed by atoms with Crippen LogP contribution >= 0.6 is 0 Å². The minimum Gasteiger partial charge on any atom is -0.461 e. The van der Waals surface area contributed by atoms with Gasteiger partial charge in [0.25, 0.3) is 0 Å². The van der Waals surface area contributed by atoms with Crippen molar-refractivity contribution in [3.05, 3.63) is 71.8 Å². The zero-order valence-electron chi connectivity index (χ0n) is 22.7. The lowest BCUT2D eigenvalue weighted by Gasteiger charge is -2.66. The molecule has 0 aromatic heterocycles. The number of rotatable bonds is 8. The van der Waals surface area contributed by atoms with Gasteiger partial charge in [-0.3, -0.25) is 4.79 Å². The fourth-order valence-corrected chi connectivity index (χ4v) is 6.96. The van der Waals surface area contributed by atoms with E-state index in [4.69, 9.17) is 23.7 Å². The Morgan fingerprint density at radius 2 is 1.48 bits per heavy atom.